The molecule has 0 unspecified atom stereocenters. The van der Waals surface area contributed by atoms with Crippen LogP contribution >= 0.6 is 0 Å². The van der Waals surface area contributed by atoms with E-state index in [1.165, 1.54) is 12.1 Å². The number of hydrogen-bond acceptors (Lipinski definition) is 4. The minimum Gasteiger partial charge on any atom is -0.394 e. The topological polar surface area (TPSA) is 75.4 Å². The number of nitro benzene ring substituents is 1. The molecule has 0 saturated carbocycles. The van der Waals surface area contributed by atoms with Gasteiger partial charge in [-0.2, -0.15) is 0 Å². The van der Waals surface area contributed by atoms with Crippen LogP contribution in [0.1, 0.15) is 32.3 Å². The van der Waals surface area contributed by atoms with Crippen LogP contribution in [0.3, 0.4) is 0 Å². The van der Waals surface area contributed by atoms with Gasteiger partial charge in [0.05, 0.1) is 11.5 Å². The molecule has 2 N–H and O–H groups in total. The number of aliphatic hydroxyl groups excluding tert-OH is 1. The molecule has 5 heteroatoms. The van der Waals surface area contributed by atoms with Gasteiger partial charge in [0.2, 0.25) is 0 Å². The van der Waals surface area contributed by atoms with Crippen LogP contribution in [0.4, 0.5) is 5.69 Å². The SMILES string of the molecule is CCC(CC)(CO)NCc1ccc([N+](=O)[O-])cc1. The van der Waals surface area contributed by atoms with Crippen molar-refractivity contribution in [3.8, 4) is 0 Å². The largest absolute Gasteiger partial charge is 0.394 e. The standard InChI is InChI=1S/C13H20N2O3/c1-3-13(4-2,10-16)14-9-11-5-7-12(8-6-11)15(17)18/h5-8,14,16H,3-4,9-10H2,1-2H3. The lowest BCUT2D eigenvalue weighted by molar-refractivity contribution is -0.384. The van der Waals surface area contributed by atoms with Crippen LogP contribution < -0.4 is 5.32 Å². The first-order chi connectivity index (χ1) is 8.56. The number of non-ortho nitro benzene ring substituents is 1. The van der Waals surface area contributed by atoms with E-state index < -0.39 is 4.92 Å². The molecule has 0 aliphatic rings. The van der Waals surface area contributed by atoms with E-state index in [1.807, 2.05) is 13.8 Å². The zero-order chi connectivity index (χ0) is 13.6. The molecular weight excluding hydrogens is 232 g/mol. The fourth-order valence-corrected chi connectivity index (χ4v) is 1.80. The van der Waals surface area contributed by atoms with Gasteiger partial charge >= 0.3 is 0 Å². The monoisotopic (exact) mass is 252 g/mol. The molecule has 0 heterocycles. The second-order valence-electron chi connectivity index (χ2n) is 4.42. The van der Waals surface area contributed by atoms with Crippen LogP contribution in [0.2, 0.25) is 0 Å². The number of rotatable bonds is 7. The van der Waals surface area contributed by atoms with Gasteiger partial charge in [0, 0.05) is 24.2 Å². The predicted octanol–water partition coefficient (Wildman–Crippen LogP) is 2.24. The first-order valence-electron chi connectivity index (χ1n) is 6.16. The highest BCUT2D eigenvalue weighted by Crippen LogP contribution is 2.16. The maximum absolute atomic E-state index is 10.5. The van der Waals surface area contributed by atoms with Crippen molar-refractivity contribution in [1.29, 1.82) is 0 Å². The average Bonchev–Trinajstić information content (AvgIpc) is 2.41. The smallest absolute Gasteiger partial charge is 0.269 e. The summed E-state index contributed by atoms with van der Waals surface area (Å²) in [5, 5.41) is 23.3. The zero-order valence-corrected chi connectivity index (χ0v) is 10.8. The minimum atomic E-state index is -0.409. The van der Waals surface area contributed by atoms with Crippen molar-refractivity contribution in [3.63, 3.8) is 0 Å². The third kappa shape index (κ3) is 3.51. The van der Waals surface area contributed by atoms with Crippen molar-refractivity contribution in [2.24, 2.45) is 0 Å². The van der Waals surface area contributed by atoms with Crippen LogP contribution in [0.15, 0.2) is 24.3 Å². The summed E-state index contributed by atoms with van der Waals surface area (Å²) in [6, 6.07) is 6.46. The summed E-state index contributed by atoms with van der Waals surface area (Å²) in [5.74, 6) is 0. The molecule has 18 heavy (non-hydrogen) atoms. The highest BCUT2D eigenvalue weighted by Gasteiger charge is 2.23. The van der Waals surface area contributed by atoms with E-state index in [0.717, 1.165) is 18.4 Å². The number of hydrogen-bond donors (Lipinski definition) is 2. The lowest BCUT2D eigenvalue weighted by atomic mass is 9.93. The van der Waals surface area contributed by atoms with E-state index in [1.54, 1.807) is 12.1 Å². The number of nitro groups is 1. The summed E-state index contributed by atoms with van der Waals surface area (Å²) in [6.45, 7) is 4.75. The molecule has 1 aromatic rings. The number of nitrogens with zero attached hydrogens (tertiary/aromatic N) is 1. The highest BCUT2D eigenvalue weighted by molar-refractivity contribution is 5.32. The van der Waals surface area contributed by atoms with Crippen LogP contribution in [-0.2, 0) is 6.54 Å². The maximum atomic E-state index is 10.5. The molecule has 5 nitrogen and oxygen atoms in total. The van der Waals surface area contributed by atoms with Gasteiger partial charge in [-0.15, -0.1) is 0 Å². The first-order valence-corrected chi connectivity index (χ1v) is 6.16. The van der Waals surface area contributed by atoms with Gasteiger partial charge in [-0.25, -0.2) is 0 Å². The van der Waals surface area contributed by atoms with Crippen LogP contribution in [0, 0.1) is 10.1 Å². The van der Waals surface area contributed by atoms with Gasteiger partial charge in [-0.1, -0.05) is 26.0 Å². The highest BCUT2D eigenvalue weighted by atomic mass is 16.6. The molecule has 1 aromatic carbocycles. The lowest BCUT2D eigenvalue weighted by Gasteiger charge is -2.31. The molecule has 0 aliphatic heterocycles. The van der Waals surface area contributed by atoms with E-state index in [0.29, 0.717) is 6.54 Å². The Balaban J connectivity index is 2.65. The minimum absolute atomic E-state index is 0.0903. The summed E-state index contributed by atoms with van der Waals surface area (Å²) in [6.07, 6.45) is 1.68. The van der Waals surface area contributed by atoms with Gasteiger partial charge < -0.3 is 10.4 Å². The Bertz CT molecular complexity index is 377. The Morgan fingerprint density at radius 2 is 1.83 bits per heavy atom. The fourth-order valence-electron chi connectivity index (χ4n) is 1.80. The van der Waals surface area contributed by atoms with Gasteiger partial charge in [0.1, 0.15) is 0 Å². The third-order valence-corrected chi connectivity index (χ3v) is 3.47. The number of aliphatic hydroxyl groups is 1. The number of nitrogens with one attached hydrogen (secondary N) is 1. The molecule has 0 aliphatic carbocycles. The lowest BCUT2D eigenvalue weighted by Crippen LogP contribution is -2.47. The van der Waals surface area contributed by atoms with Gasteiger partial charge in [0.25, 0.3) is 5.69 Å². The summed E-state index contributed by atoms with van der Waals surface area (Å²) in [7, 11) is 0. The second kappa shape index (κ2) is 6.47. The summed E-state index contributed by atoms with van der Waals surface area (Å²) in [4.78, 5) is 10.1. The molecule has 0 amide bonds. The van der Waals surface area contributed by atoms with E-state index in [2.05, 4.69) is 5.32 Å². The Labute approximate surface area is 107 Å². The van der Waals surface area contributed by atoms with Crippen LogP contribution in [0.25, 0.3) is 0 Å². The fraction of sp³-hybridized carbons (Fsp3) is 0.538. The van der Waals surface area contributed by atoms with Gasteiger partial charge in [-0.3, -0.25) is 10.1 Å². The molecule has 100 valence electrons. The normalized spacial score (nSPS) is 11.5. The van der Waals surface area contributed by atoms with Crippen molar-refractivity contribution >= 4 is 5.69 Å². The molecular formula is C13H20N2O3. The van der Waals surface area contributed by atoms with Crippen molar-refractivity contribution in [3.05, 3.63) is 39.9 Å². The Kier molecular flexibility index (Phi) is 5.25. The molecule has 0 fully saturated rings. The molecule has 0 bridgehead atoms. The maximum Gasteiger partial charge on any atom is 0.269 e. The van der Waals surface area contributed by atoms with E-state index >= 15 is 0 Å². The van der Waals surface area contributed by atoms with Crippen LogP contribution in [0.5, 0.6) is 0 Å². The quantitative estimate of drug-likeness (QED) is 0.576. The van der Waals surface area contributed by atoms with Gasteiger partial charge in [-0.05, 0) is 18.4 Å². The predicted molar refractivity (Wildman–Crippen MR) is 70.3 cm³/mol. The summed E-state index contributed by atoms with van der Waals surface area (Å²) in [5.41, 5.74) is 0.806. The molecule has 0 radical (unpaired) electrons. The van der Waals surface area contributed by atoms with Crippen molar-refractivity contribution in [2.75, 3.05) is 6.61 Å². The third-order valence-electron chi connectivity index (χ3n) is 3.47. The molecule has 0 atom stereocenters. The van der Waals surface area contributed by atoms with Crippen molar-refractivity contribution in [2.45, 2.75) is 38.8 Å². The summed E-state index contributed by atoms with van der Waals surface area (Å²) < 4.78 is 0. The van der Waals surface area contributed by atoms with E-state index in [-0.39, 0.29) is 17.8 Å². The van der Waals surface area contributed by atoms with Gasteiger partial charge in [0.15, 0.2) is 0 Å². The first kappa shape index (κ1) is 14.6. The summed E-state index contributed by atoms with van der Waals surface area (Å²) >= 11 is 0. The zero-order valence-electron chi connectivity index (χ0n) is 10.8. The van der Waals surface area contributed by atoms with E-state index in [4.69, 9.17) is 0 Å². The molecule has 0 saturated heterocycles. The van der Waals surface area contributed by atoms with Crippen LogP contribution in [-0.4, -0.2) is 22.2 Å². The van der Waals surface area contributed by atoms with E-state index in [9.17, 15) is 15.2 Å². The second-order valence-corrected chi connectivity index (χ2v) is 4.42. The van der Waals surface area contributed by atoms with Crippen molar-refractivity contribution in [1.82, 2.24) is 5.32 Å². The molecule has 0 aromatic heterocycles. The Morgan fingerprint density at radius 1 is 1.28 bits per heavy atom. The Hall–Kier alpha value is -1.46. The molecule has 1 rings (SSSR count). The molecule has 0 spiro atoms. The Morgan fingerprint density at radius 3 is 2.22 bits per heavy atom. The van der Waals surface area contributed by atoms with Crippen molar-refractivity contribution < 1.29 is 10.0 Å². The number of benzene rings is 1. The average molecular weight is 252 g/mol.